The van der Waals surface area contributed by atoms with Gasteiger partial charge in [-0.25, -0.2) is 26.4 Å². The molecule has 0 aromatic heterocycles. The minimum atomic E-state index is -3.89. The lowest BCUT2D eigenvalue weighted by Gasteiger charge is -2.12. The molecule has 1 unspecified atom stereocenters. The van der Waals surface area contributed by atoms with Crippen molar-refractivity contribution < 1.29 is 26.4 Å². The van der Waals surface area contributed by atoms with E-state index in [0.29, 0.717) is 16.3 Å². The Balaban J connectivity index is 1.71. The molecule has 0 aliphatic carbocycles. The molecule has 0 saturated carbocycles. The van der Waals surface area contributed by atoms with Crippen molar-refractivity contribution in [3.63, 3.8) is 0 Å². The van der Waals surface area contributed by atoms with E-state index in [0.717, 1.165) is 0 Å². The molecule has 3 rings (SSSR count). The molecule has 0 spiro atoms. The fourth-order valence-corrected chi connectivity index (χ4v) is 6.11. The third-order valence-electron chi connectivity index (χ3n) is 4.29. The molecule has 1 N–H and O–H groups in total. The highest BCUT2D eigenvalue weighted by molar-refractivity contribution is 7.92. The first-order chi connectivity index (χ1) is 13.1. The van der Waals surface area contributed by atoms with Crippen molar-refractivity contribution in [1.29, 1.82) is 0 Å². The maximum absolute atomic E-state index is 12.4. The van der Waals surface area contributed by atoms with Crippen LogP contribution in [0.2, 0.25) is 5.02 Å². The largest absolute Gasteiger partial charge is 0.423 e. The number of ether oxygens (including phenoxy) is 1. The summed E-state index contributed by atoms with van der Waals surface area (Å²) in [6.45, 7) is 1.75. The third-order valence-corrected chi connectivity index (χ3v) is 7.83. The van der Waals surface area contributed by atoms with Crippen LogP contribution in [0.25, 0.3) is 0 Å². The first-order valence-electron chi connectivity index (χ1n) is 8.37. The zero-order valence-electron chi connectivity index (χ0n) is 14.9. The first-order valence-corrected chi connectivity index (χ1v) is 12.1. The van der Waals surface area contributed by atoms with Gasteiger partial charge in [-0.1, -0.05) is 11.6 Å². The molecular weight excluding hydrogens is 426 g/mol. The van der Waals surface area contributed by atoms with Gasteiger partial charge in [-0.2, -0.15) is 0 Å². The first kappa shape index (κ1) is 20.8. The number of benzene rings is 2. The molecule has 2 aromatic rings. The van der Waals surface area contributed by atoms with E-state index < -0.39 is 31.9 Å². The smallest absolute Gasteiger partial charge is 0.343 e. The highest BCUT2D eigenvalue weighted by atomic mass is 35.5. The topological polar surface area (TPSA) is 107 Å². The van der Waals surface area contributed by atoms with Gasteiger partial charge in [0.25, 0.3) is 0 Å². The summed E-state index contributed by atoms with van der Waals surface area (Å²) in [5.41, 5.74) is 0.868. The van der Waals surface area contributed by atoms with Crippen molar-refractivity contribution in [2.75, 3.05) is 11.5 Å². The van der Waals surface area contributed by atoms with Gasteiger partial charge >= 0.3 is 5.97 Å². The third kappa shape index (κ3) is 4.91. The SMILES string of the molecule is Cc1cc(Cl)ccc1OC(=O)c1ccc(S(=O)(=O)NC2CCS(=O)(=O)C2)cc1. The van der Waals surface area contributed by atoms with Crippen molar-refractivity contribution in [2.24, 2.45) is 0 Å². The number of esters is 1. The molecular formula is C18H18ClNO6S2. The average Bonchev–Trinajstić information content (AvgIpc) is 2.95. The van der Waals surface area contributed by atoms with E-state index in [1.807, 2.05) is 0 Å². The zero-order chi connectivity index (χ0) is 20.5. The Bertz CT molecular complexity index is 1110. The van der Waals surface area contributed by atoms with E-state index in [4.69, 9.17) is 16.3 Å². The Hall–Kier alpha value is -1.94. The molecule has 10 heteroatoms. The van der Waals surface area contributed by atoms with E-state index in [1.165, 1.54) is 24.3 Å². The highest BCUT2D eigenvalue weighted by Gasteiger charge is 2.31. The summed E-state index contributed by atoms with van der Waals surface area (Å²) >= 11 is 5.87. The number of carbonyl (C=O) groups is 1. The lowest BCUT2D eigenvalue weighted by Crippen LogP contribution is -2.35. The summed E-state index contributed by atoms with van der Waals surface area (Å²) in [5, 5.41) is 0.523. The van der Waals surface area contributed by atoms with Crippen LogP contribution in [-0.4, -0.2) is 40.4 Å². The Kier molecular flexibility index (Phi) is 5.81. The van der Waals surface area contributed by atoms with Gasteiger partial charge in [-0.3, -0.25) is 0 Å². The van der Waals surface area contributed by atoms with Crippen LogP contribution in [0.5, 0.6) is 5.75 Å². The van der Waals surface area contributed by atoms with Crippen molar-refractivity contribution in [2.45, 2.75) is 24.3 Å². The lowest BCUT2D eigenvalue weighted by molar-refractivity contribution is 0.0733. The molecule has 2 aromatic carbocycles. The van der Waals surface area contributed by atoms with Gasteiger partial charge in [0.15, 0.2) is 9.84 Å². The molecule has 0 radical (unpaired) electrons. The number of sulfone groups is 1. The number of sulfonamides is 1. The molecule has 1 fully saturated rings. The second-order valence-electron chi connectivity index (χ2n) is 6.54. The number of rotatable bonds is 5. The van der Waals surface area contributed by atoms with E-state index >= 15 is 0 Å². The van der Waals surface area contributed by atoms with Crippen LogP contribution >= 0.6 is 11.6 Å². The fraction of sp³-hybridized carbons (Fsp3) is 0.278. The zero-order valence-corrected chi connectivity index (χ0v) is 17.3. The highest BCUT2D eigenvalue weighted by Crippen LogP contribution is 2.23. The standard InChI is InChI=1S/C18H18ClNO6S2/c1-12-10-14(19)4-7-17(12)26-18(21)13-2-5-16(6-3-13)28(24,25)20-15-8-9-27(22,23)11-15/h2-7,10,15,20H,8-9,11H2,1H3. The van der Waals surface area contributed by atoms with Gasteiger partial charge in [0.1, 0.15) is 5.75 Å². The monoisotopic (exact) mass is 443 g/mol. The Morgan fingerprint density at radius 1 is 1.18 bits per heavy atom. The van der Waals surface area contributed by atoms with Crippen molar-refractivity contribution in [3.05, 3.63) is 58.6 Å². The molecule has 150 valence electrons. The van der Waals surface area contributed by atoms with Crippen LogP contribution < -0.4 is 9.46 Å². The number of halogens is 1. The van der Waals surface area contributed by atoms with Gasteiger partial charge in [0.2, 0.25) is 10.0 Å². The molecule has 1 aliphatic heterocycles. The minimum absolute atomic E-state index is 0.0327. The summed E-state index contributed by atoms with van der Waals surface area (Å²) in [5.74, 6) is -0.522. The van der Waals surface area contributed by atoms with Gasteiger partial charge in [0, 0.05) is 11.1 Å². The van der Waals surface area contributed by atoms with Gasteiger partial charge in [0.05, 0.1) is 22.0 Å². The summed E-state index contributed by atoms with van der Waals surface area (Å²) in [6, 6.07) is 9.42. The maximum Gasteiger partial charge on any atom is 0.343 e. The summed E-state index contributed by atoms with van der Waals surface area (Å²) in [7, 11) is -7.09. The average molecular weight is 444 g/mol. The minimum Gasteiger partial charge on any atom is -0.423 e. The lowest BCUT2D eigenvalue weighted by atomic mass is 10.2. The van der Waals surface area contributed by atoms with Crippen LogP contribution in [0.1, 0.15) is 22.3 Å². The van der Waals surface area contributed by atoms with Gasteiger partial charge in [-0.05, 0) is 61.4 Å². The van der Waals surface area contributed by atoms with Crippen molar-refractivity contribution in [3.8, 4) is 5.75 Å². The van der Waals surface area contributed by atoms with E-state index in [1.54, 1.807) is 25.1 Å². The molecule has 0 bridgehead atoms. The van der Waals surface area contributed by atoms with Crippen LogP contribution in [-0.2, 0) is 19.9 Å². The van der Waals surface area contributed by atoms with E-state index in [2.05, 4.69) is 4.72 Å². The fourth-order valence-electron chi connectivity index (χ4n) is 2.83. The van der Waals surface area contributed by atoms with Crippen molar-refractivity contribution in [1.82, 2.24) is 4.72 Å². The van der Waals surface area contributed by atoms with E-state index in [9.17, 15) is 21.6 Å². The van der Waals surface area contributed by atoms with E-state index in [-0.39, 0.29) is 28.4 Å². The van der Waals surface area contributed by atoms with Crippen molar-refractivity contribution >= 4 is 37.4 Å². The Morgan fingerprint density at radius 2 is 1.86 bits per heavy atom. The van der Waals surface area contributed by atoms with Gasteiger partial charge < -0.3 is 4.74 Å². The number of hydrogen-bond acceptors (Lipinski definition) is 6. The molecule has 0 amide bonds. The summed E-state index contributed by atoms with van der Waals surface area (Å²) in [6.07, 6.45) is 0.242. The van der Waals surface area contributed by atoms with Gasteiger partial charge in [-0.15, -0.1) is 0 Å². The maximum atomic E-state index is 12.4. The molecule has 1 atom stereocenters. The molecule has 7 nitrogen and oxygen atoms in total. The predicted octanol–water partition coefficient (Wildman–Crippen LogP) is 2.33. The number of carbonyl (C=O) groups excluding carboxylic acids is 1. The van der Waals surface area contributed by atoms with Crippen LogP contribution in [0.15, 0.2) is 47.4 Å². The van der Waals surface area contributed by atoms with Crippen LogP contribution in [0.3, 0.4) is 0 Å². The number of nitrogens with one attached hydrogen (secondary N) is 1. The summed E-state index contributed by atoms with van der Waals surface area (Å²) in [4.78, 5) is 12.2. The molecule has 28 heavy (non-hydrogen) atoms. The number of hydrogen-bond donors (Lipinski definition) is 1. The molecule has 1 saturated heterocycles. The quantitative estimate of drug-likeness (QED) is 0.561. The molecule has 1 aliphatic rings. The predicted molar refractivity (Wildman–Crippen MR) is 105 cm³/mol. The Morgan fingerprint density at radius 3 is 2.43 bits per heavy atom. The van der Waals surface area contributed by atoms with Crippen LogP contribution in [0, 0.1) is 6.92 Å². The Labute approximate surface area is 168 Å². The summed E-state index contributed by atoms with van der Waals surface area (Å²) < 4.78 is 55.5. The molecule has 1 heterocycles. The van der Waals surface area contributed by atoms with Crippen LogP contribution in [0.4, 0.5) is 0 Å². The number of aryl methyl sites for hydroxylation is 1. The normalized spacial score (nSPS) is 18.7. The second kappa shape index (κ2) is 7.82. The second-order valence-corrected chi connectivity index (χ2v) is 10.9.